The summed E-state index contributed by atoms with van der Waals surface area (Å²) in [5, 5.41) is 3.83. The van der Waals surface area contributed by atoms with Crippen LogP contribution in [-0.4, -0.2) is 12.5 Å². The van der Waals surface area contributed by atoms with Crippen LogP contribution in [0, 0.1) is 5.92 Å². The third-order valence-electron chi connectivity index (χ3n) is 3.40. The van der Waals surface area contributed by atoms with E-state index in [4.69, 9.17) is 32.4 Å². The summed E-state index contributed by atoms with van der Waals surface area (Å²) < 4.78 is 11.0. The van der Waals surface area contributed by atoms with Crippen molar-refractivity contribution in [3.63, 3.8) is 0 Å². The van der Waals surface area contributed by atoms with Crippen LogP contribution in [0.5, 0.6) is 5.75 Å². The van der Waals surface area contributed by atoms with E-state index in [2.05, 4.69) is 5.32 Å². The van der Waals surface area contributed by atoms with Gasteiger partial charge in [0.2, 0.25) is 0 Å². The molecule has 1 amide bonds. The Morgan fingerprint density at radius 2 is 2.09 bits per heavy atom. The van der Waals surface area contributed by atoms with Crippen molar-refractivity contribution in [2.45, 2.75) is 19.4 Å². The Labute approximate surface area is 138 Å². The van der Waals surface area contributed by atoms with E-state index in [-0.39, 0.29) is 12.5 Å². The van der Waals surface area contributed by atoms with E-state index in [1.54, 1.807) is 30.3 Å². The predicted molar refractivity (Wildman–Crippen MR) is 84.6 cm³/mol. The molecule has 22 heavy (non-hydrogen) atoms. The molecule has 116 valence electrons. The van der Waals surface area contributed by atoms with Crippen molar-refractivity contribution in [2.24, 2.45) is 5.92 Å². The Hall–Kier alpha value is -1.65. The number of hydrogen-bond donors (Lipinski definition) is 1. The summed E-state index contributed by atoms with van der Waals surface area (Å²) in [7, 11) is 0. The number of nitrogens with one attached hydrogen (secondary N) is 1. The second-order valence-corrected chi connectivity index (χ2v) is 6.13. The van der Waals surface area contributed by atoms with Gasteiger partial charge in [-0.2, -0.15) is 0 Å². The highest BCUT2D eigenvalue weighted by Gasteiger charge is 2.22. The molecule has 0 radical (unpaired) electrons. The van der Waals surface area contributed by atoms with Crippen molar-refractivity contribution in [3.8, 4) is 5.75 Å². The van der Waals surface area contributed by atoms with Crippen molar-refractivity contribution in [3.05, 3.63) is 51.9 Å². The van der Waals surface area contributed by atoms with Gasteiger partial charge in [-0.25, -0.2) is 0 Å². The lowest BCUT2D eigenvalue weighted by Gasteiger charge is -2.06. The van der Waals surface area contributed by atoms with Crippen molar-refractivity contribution in [1.82, 2.24) is 5.32 Å². The summed E-state index contributed by atoms with van der Waals surface area (Å²) in [6.45, 7) is 0.906. The van der Waals surface area contributed by atoms with Gasteiger partial charge in [-0.3, -0.25) is 4.79 Å². The Morgan fingerprint density at radius 1 is 1.27 bits per heavy atom. The molecule has 1 N–H and O–H groups in total. The van der Waals surface area contributed by atoms with Crippen LogP contribution in [0.15, 0.2) is 34.7 Å². The number of carbonyl (C=O) groups is 1. The summed E-state index contributed by atoms with van der Waals surface area (Å²) in [5.74, 6) is 1.81. The number of hydrogen-bond acceptors (Lipinski definition) is 3. The van der Waals surface area contributed by atoms with Crippen molar-refractivity contribution >= 4 is 29.1 Å². The van der Waals surface area contributed by atoms with Crippen molar-refractivity contribution < 1.29 is 13.9 Å². The molecule has 1 heterocycles. The molecule has 4 nitrogen and oxygen atoms in total. The summed E-state index contributed by atoms with van der Waals surface area (Å²) in [6, 6.07) is 8.36. The van der Waals surface area contributed by atoms with Crippen molar-refractivity contribution in [1.29, 1.82) is 0 Å². The molecule has 3 rings (SSSR count). The number of rotatable bonds is 6. The lowest BCUT2D eigenvalue weighted by molar-refractivity contribution is 0.0920. The maximum Gasteiger partial charge on any atom is 0.287 e. The number of carbonyl (C=O) groups excluding carboxylic acids is 1. The molecule has 1 aromatic heterocycles. The highest BCUT2D eigenvalue weighted by Crippen LogP contribution is 2.29. The van der Waals surface area contributed by atoms with E-state index in [1.165, 1.54) is 12.8 Å². The zero-order chi connectivity index (χ0) is 15.5. The van der Waals surface area contributed by atoms with Crippen LogP contribution in [0.25, 0.3) is 0 Å². The van der Waals surface area contributed by atoms with Crippen LogP contribution in [0.1, 0.15) is 29.2 Å². The zero-order valence-electron chi connectivity index (χ0n) is 11.8. The largest absolute Gasteiger partial charge is 0.484 e. The average molecular weight is 340 g/mol. The number of halogens is 2. The number of amides is 1. The van der Waals surface area contributed by atoms with Crippen LogP contribution in [0.4, 0.5) is 0 Å². The van der Waals surface area contributed by atoms with Crippen molar-refractivity contribution in [2.75, 3.05) is 6.54 Å². The number of benzene rings is 1. The molecule has 0 saturated heterocycles. The zero-order valence-corrected chi connectivity index (χ0v) is 13.3. The van der Waals surface area contributed by atoms with Gasteiger partial charge in [0.15, 0.2) is 5.76 Å². The predicted octanol–water partition coefficient (Wildman–Crippen LogP) is 4.31. The fourth-order valence-corrected chi connectivity index (χ4v) is 2.43. The van der Waals surface area contributed by atoms with Gasteiger partial charge < -0.3 is 14.5 Å². The normalized spacial score (nSPS) is 13.9. The van der Waals surface area contributed by atoms with Crippen LogP contribution in [0.3, 0.4) is 0 Å². The summed E-state index contributed by atoms with van der Waals surface area (Å²) in [5.41, 5.74) is 0. The molecule has 0 unspecified atom stereocenters. The second kappa shape index (κ2) is 6.63. The topological polar surface area (TPSA) is 51.5 Å². The van der Waals surface area contributed by atoms with Crippen LogP contribution in [0.2, 0.25) is 10.0 Å². The minimum absolute atomic E-state index is 0.192. The number of ether oxygens (including phenoxy) is 1. The standard InChI is InChI=1S/C16H15Cl2NO3/c17-11-3-5-14(13(18)7-11)21-9-12-4-6-15(22-12)16(20)19-8-10-1-2-10/h3-7,10H,1-2,8-9H2,(H,19,20). The van der Waals surface area contributed by atoms with E-state index in [1.807, 2.05) is 0 Å². The molecule has 1 saturated carbocycles. The molecule has 1 aromatic carbocycles. The average Bonchev–Trinajstić information content (AvgIpc) is 3.20. The minimum Gasteiger partial charge on any atom is -0.484 e. The lowest BCUT2D eigenvalue weighted by atomic mass is 10.3. The Kier molecular flexibility index (Phi) is 4.60. The first-order valence-corrected chi connectivity index (χ1v) is 7.82. The molecule has 1 fully saturated rings. The van der Waals surface area contributed by atoms with Crippen LogP contribution >= 0.6 is 23.2 Å². The third-order valence-corrected chi connectivity index (χ3v) is 3.93. The fraction of sp³-hybridized carbons (Fsp3) is 0.312. The molecule has 6 heteroatoms. The van der Waals surface area contributed by atoms with Crippen LogP contribution < -0.4 is 10.1 Å². The quantitative estimate of drug-likeness (QED) is 0.853. The van der Waals surface area contributed by atoms with E-state index in [0.717, 1.165) is 0 Å². The lowest BCUT2D eigenvalue weighted by Crippen LogP contribution is -2.24. The second-order valence-electron chi connectivity index (χ2n) is 5.28. The maximum absolute atomic E-state index is 11.9. The van der Waals surface area contributed by atoms with Crippen LogP contribution in [-0.2, 0) is 6.61 Å². The fourth-order valence-electron chi connectivity index (χ4n) is 1.96. The molecule has 1 aliphatic rings. The van der Waals surface area contributed by atoms with Gasteiger partial charge in [-0.05, 0) is 49.1 Å². The maximum atomic E-state index is 11.9. The summed E-state index contributed by atoms with van der Waals surface area (Å²) in [6.07, 6.45) is 2.39. The van der Waals surface area contributed by atoms with E-state index < -0.39 is 0 Å². The highest BCUT2D eigenvalue weighted by molar-refractivity contribution is 6.35. The van der Waals surface area contributed by atoms with Gasteiger partial charge in [0.25, 0.3) is 5.91 Å². The van der Waals surface area contributed by atoms with Gasteiger partial charge in [-0.1, -0.05) is 23.2 Å². The number of furan rings is 1. The molecule has 2 aromatic rings. The SMILES string of the molecule is O=C(NCC1CC1)c1ccc(COc2ccc(Cl)cc2Cl)o1. The molecule has 0 atom stereocenters. The smallest absolute Gasteiger partial charge is 0.287 e. The van der Waals surface area contributed by atoms with Gasteiger partial charge >= 0.3 is 0 Å². The summed E-state index contributed by atoms with van der Waals surface area (Å²) >= 11 is 11.8. The van der Waals surface area contributed by atoms with Gasteiger partial charge in [-0.15, -0.1) is 0 Å². The van der Waals surface area contributed by atoms with Gasteiger partial charge in [0.1, 0.15) is 18.1 Å². The Bertz CT molecular complexity index is 680. The molecule has 0 aliphatic heterocycles. The summed E-state index contributed by atoms with van der Waals surface area (Å²) in [4.78, 5) is 11.9. The Morgan fingerprint density at radius 3 is 2.82 bits per heavy atom. The Balaban J connectivity index is 1.55. The van der Waals surface area contributed by atoms with Gasteiger partial charge in [0, 0.05) is 11.6 Å². The minimum atomic E-state index is -0.192. The van der Waals surface area contributed by atoms with E-state index >= 15 is 0 Å². The molecule has 0 spiro atoms. The van der Waals surface area contributed by atoms with E-state index in [0.29, 0.717) is 39.8 Å². The van der Waals surface area contributed by atoms with E-state index in [9.17, 15) is 4.79 Å². The molecule has 0 bridgehead atoms. The third kappa shape index (κ3) is 3.96. The van der Waals surface area contributed by atoms with Gasteiger partial charge in [0.05, 0.1) is 5.02 Å². The monoisotopic (exact) mass is 339 g/mol. The molecular formula is C16H15Cl2NO3. The molecular weight excluding hydrogens is 325 g/mol. The first-order valence-electron chi connectivity index (χ1n) is 7.06. The first-order chi connectivity index (χ1) is 10.6. The molecule has 1 aliphatic carbocycles. The first kappa shape index (κ1) is 15.3. The highest BCUT2D eigenvalue weighted by atomic mass is 35.5.